The zero-order valence-corrected chi connectivity index (χ0v) is 12.7. The Hall–Kier alpha value is -0.130. The Balaban J connectivity index is 4.20. The van der Waals surface area contributed by atoms with Gasteiger partial charge in [0.25, 0.3) is 0 Å². The summed E-state index contributed by atoms with van der Waals surface area (Å²) in [6, 6.07) is 0. The molecule has 4 nitrogen and oxygen atoms in total. The second-order valence-electron chi connectivity index (χ2n) is 7.09. The van der Waals surface area contributed by atoms with Gasteiger partial charge in [-0.05, 0) is 17.3 Å². The minimum atomic E-state index is -3.30. The minimum Gasteiger partial charge on any atom is -0.392 e. The van der Waals surface area contributed by atoms with Gasteiger partial charge in [-0.3, -0.25) is 0 Å². The highest BCUT2D eigenvalue weighted by molar-refractivity contribution is 7.89. The van der Waals surface area contributed by atoms with E-state index in [1.165, 1.54) is 0 Å². The number of rotatable bonds is 5. The molecule has 1 atom stereocenters. The van der Waals surface area contributed by atoms with E-state index in [1.807, 2.05) is 41.5 Å². The number of nitrogens with one attached hydrogen (secondary N) is 1. The van der Waals surface area contributed by atoms with Crippen molar-refractivity contribution in [3.05, 3.63) is 0 Å². The quantitative estimate of drug-likeness (QED) is 0.796. The Morgan fingerprint density at radius 3 is 1.88 bits per heavy atom. The van der Waals surface area contributed by atoms with Gasteiger partial charge in [0.2, 0.25) is 10.0 Å². The summed E-state index contributed by atoms with van der Waals surface area (Å²) in [6.07, 6.45) is -0.0601. The molecule has 0 aromatic carbocycles. The summed E-state index contributed by atoms with van der Waals surface area (Å²) in [5, 5.41) is 9.72. The number of sulfonamides is 1. The van der Waals surface area contributed by atoms with Crippen molar-refractivity contribution in [2.24, 2.45) is 10.8 Å². The normalized spacial score (nSPS) is 15.9. The molecule has 0 aromatic rings. The molecule has 0 aliphatic carbocycles. The van der Waals surface area contributed by atoms with Crippen LogP contribution in [0.4, 0.5) is 0 Å². The van der Waals surface area contributed by atoms with Crippen molar-refractivity contribution in [2.75, 3.05) is 12.3 Å². The van der Waals surface area contributed by atoms with Crippen molar-refractivity contribution in [3.63, 3.8) is 0 Å². The molecule has 0 aromatic heterocycles. The number of hydrogen-bond donors (Lipinski definition) is 2. The summed E-state index contributed by atoms with van der Waals surface area (Å²) in [7, 11) is -3.30. The summed E-state index contributed by atoms with van der Waals surface area (Å²) in [5.74, 6) is 0.0717. The van der Waals surface area contributed by atoms with Gasteiger partial charge in [-0.1, -0.05) is 41.5 Å². The topological polar surface area (TPSA) is 66.4 Å². The lowest BCUT2D eigenvalue weighted by molar-refractivity contribution is 0.125. The van der Waals surface area contributed by atoms with E-state index in [9.17, 15) is 13.5 Å². The van der Waals surface area contributed by atoms with Gasteiger partial charge in [-0.15, -0.1) is 0 Å². The third-order valence-electron chi connectivity index (χ3n) is 2.01. The van der Waals surface area contributed by atoms with E-state index in [2.05, 4.69) is 4.72 Å². The van der Waals surface area contributed by atoms with Crippen molar-refractivity contribution < 1.29 is 13.5 Å². The fourth-order valence-corrected chi connectivity index (χ4v) is 3.31. The lowest BCUT2D eigenvalue weighted by atomic mass is 9.89. The molecule has 0 aliphatic heterocycles. The van der Waals surface area contributed by atoms with Gasteiger partial charge in [0.05, 0.1) is 11.9 Å². The van der Waals surface area contributed by atoms with E-state index in [1.54, 1.807) is 0 Å². The molecule has 0 amide bonds. The van der Waals surface area contributed by atoms with Crippen molar-refractivity contribution in [1.82, 2.24) is 4.72 Å². The molecule has 5 heteroatoms. The summed E-state index contributed by atoms with van der Waals surface area (Å²) in [5.41, 5.74) is -0.282. The average molecular weight is 265 g/mol. The average Bonchev–Trinajstić information content (AvgIpc) is 1.92. The predicted octanol–water partition coefficient (Wildman–Crippen LogP) is 1.75. The lowest BCUT2D eigenvalue weighted by Crippen LogP contribution is -2.38. The fourth-order valence-electron chi connectivity index (χ4n) is 1.62. The molecule has 0 fully saturated rings. The molecular weight excluding hydrogens is 238 g/mol. The van der Waals surface area contributed by atoms with Crippen molar-refractivity contribution in [2.45, 2.75) is 54.1 Å². The molecule has 1 unspecified atom stereocenters. The van der Waals surface area contributed by atoms with Crippen LogP contribution in [0.15, 0.2) is 0 Å². The van der Waals surface area contributed by atoms with E-state index in [-0.39, 0.29) is 23.1 Å². The molecule has 0 radical (unpaired) electrons. The van der Waals surface area contributed by atoms with Gasteiger partial charge in [-0.25, -0.2) is 13.1 Å². The fraction of sp³-hybridized carbons (Fsp3) is 1.00. The monoisotopic (exact) mass is 265 g/mol. The summed E-state index contributed by atoms with van der Waals surface area (Å²) >= 11 is 0. The summed E-state index contributed by atoms with van der Waals surface area (Å²) in [6.45, 7) is 11.8. The molecule has 0 saturated heterocycles. The van der Waals surface area contributed by atoms with Crippen LogP contribution in [0.1, 0.15) is 48.0 Å². The first-order valence-electron chi connectivity index (χ1n) is 5.96. The highest BCUT2D eigenvalue weighted by Gasteiger charge is 2.23. The predicted molar refractivity (Wildman–Crippen MR) is 71.3 cm³/mol. The van der Waals surface area contributed by atoms with Crippen LogP contribution >= 0.6 is 0 Å². The first-order valence-corrected chi connectivity index (χ1v) is 7.61. The molecule has 0 rings (SSSR count). The molecule has 0 bridgehead atoms. The molecule has 0 heterocycles. The van der Waals surface area contributed by atoms with Crippen LogP contribution in [0.2, 0.25) is 0 Å². The van der Waals surface area contributed by atoms with Gasteiger partial charge < -0.3 is 5.11 Å². The van der Waals surface area contributed by atoms with Gasteiger partial charge in [0, 0.05) is 6.54 Å². The smallest absolute Gasteiger partial charge is 0.212 e. The van der Waals surface area contributed by atoms with Crippen LogP contribution in [-0.2, 0) is 10.0 Å². The molecule has 0 saturated carbocycles. The molecular formula is C12H27NO3S. The zero-order chi connectivity index (χ0) is 13.9. The maximum atomic E-state index is 11.7. The van der Waals surface area contributed by atoms with Gasteiger partial charge in [0.15, 0.2) is 0 Å². The third-order valence-corrected chi connectivity index (χ3v) is 3.86. The van der Waals surface area contributed by atoms with Crippen molar-refractivity contribution >= 4 is 10.0 Å². The third kappa shape index (κ3) is 10.7. The number of hydrogen-bond acceptors (Lipinski definition) is 3. The van der Waals surface area contributed by atoms with Crippen LogP contribution < -0.4 is 4.72 Å². The molecule has 2 N–H and O–H groups in total. The SMILES string of the molecule is CC(C)(C)CC(O)CNS(=O)(=O)CC(C)(C)C. The van der Waals surface area contributed by atoms with Crippen molar-refractivity contribution in [3.8, 4) is 0 Å². The maximum Gasteiger partial charge on any atom is 0.212 e. The minimum absolute atomic E-state index is 0.00507. The van der Waals surface area contributed by atoms with Crippen LogP contribution in [0.25, 0.3) is 0 Å². The summed E-state index contributed by atoms with van der Waals surface area (Å²) < 4.78 is 25.8. The maximum absolute atomic E-state index is 11.7. The second kappa shape index (κ2) is 5.67. The Morgan fingerprint density at radius 2 is 1.53 bits per heavy atom. The highest BCUT2D eigenvalue weighted by atomic mass is 32.2. The Morgan fingerprint density at radius 1 is 1.06 bits per heavy atom. The Bertz CT molecular complexity index is 323. The second-order valence-corrected chi connectivity index (χ2v) is 8.89. The molecule has 0 aliphatic rings. The van der Waals surface area contributed by atoms with Crippen LogP contribution in [0.5, 0.6) is 0 Å². The van der Waals surface area contributed by atoms with E-state index < -0.39 is 16.1 Å². The van der Waals surface area contributed by atoms with E-state index >= 15 is 0 Å². The standard InChI is InChI=1S/C12H27NO3S/c1-11(2,3)7-10(14)8-13-17(15,16)9-12(4,5)6/h10,13-14H,7-9H2,1-6H3. The zero-order valence-electron chi connectivity index (χ0n) is 11.9. The summed E-state index contributed by atoms with van der Waals surface area (Å²) in [4.78, 5) is 0. The first-order chi connectivity index (χ1) is 7.31. The Labute approximate surface area is 106 Å². The number of aliphatic hydroxyl groups is 1. The Kier molecular flexibility index (Phi) is 5.63. The largest absolute Gasteiger partial charge is 0.392 e. The van der Waals surface area contributed by atoms with Gasteiger partial charge >= 0.3 is 0 Å². The highest BCUT2D eigenvalue weighted by Crippen LogP contribution is 2.20. The van der Waals surface area contributed by atoms with E-state index in [0.717, 1.165) is 0 Å². The van der Waals surface area contributed by atoms with E-state index in [4.69, 9.17) is 0 Å². The molecule has 104 valence electrons. The van der Waals surface area contributed by atoms with Crippen molar-refractivity contribution in [1.29, 1.82) is 0 Å². The van der Waals surface area contributed by atoms with Gasteiger partial charge in [0.1, 0.15) is 0 Å². The molecule has 17 heavy (non-hydrogen) atoms. The van der Waals surface area contributed by atoms with Crippen LogP contribution in [0, 0.1) is 10.8 Å². The number of aliphatic hydroxyl groups excluding tert-OH is 1. The van der Waals surface area contributed by atoms with Gasteiger partial charge in [-0.2, -0.15) is 0 Å². The first kappa shape index (κ1) is 16.9. The van der Waals surface area contributed by atoms with Crippen LogP contribution in [0.3, 0.4) is 0 Å². The lowest BCUT2D eigenvalue weighted by Gasteiger charge is -2.23. The molecule has 0 spiro atoms. The van der Waals surface area contributed by atoms with E-state index in [0.29, 0.717) is 6.42 Å². The van der Waals surface area contributed by atoms with Crippen LogP contribution in [-0.4, -0.2) is 31.9 Å².